The first kappa shape index (κ1) is 9.60. The Hall–Kier alpha value is -0.610. The molecule has 4 heteroatoms. The number of hydrogen-bond acceptors (Lipinski definition) is 4. The van der Waals surface area contributed by atoms with Gasteiger partial charge in [0.15, 0.2) is 0 Å². The highest BCUT2D eigenvalue weighted by molar-refractivity contribution is 7.99. The van der Waals surface area contributed by atoms with Crippen LogP contribution in [-0.4, -0.2) is 15.7 Å². The van der Waals surface area contributed by atoms with Gasteiger partial charge in [-0.1, -0.05) is 0 Å². The molecule has 0 aliphatic carbocycles. The maximum absolute atomic E-state index is 4.70. The average Bonchev–Trinajstić information content (AvgIpc) is 2.88. The zero-order valence-corrected chi connectivity index (χ0v) is 9.73. The molecule has 1 fully saturated rings. The summed E-state index contributed by atoms with van der Waals surface area (Å²) in [6.45, 7) is 3.97. The molecule has 1 aromatic rings. The molecule has 2 aliphatic heterocycles. The maximum Gasteiger partial charge on any atom is 0.141 e. The van der Waals surface area contributed by atoms with Gasteiger partial charge in [-0.15, -0.1) is 0 Å². The fraction of sp³-hybridized carbons (Fsp3) is 0.636. The number of aromatic nitrogens is 2. The summed E-state index contributed by atoms with van der Waals surface area (Å²) in [5.41, 5.74) is 3.72. The quantitative estimate of drug-likeness (QED) is 0.786. The topological polar surface area (TPSA) is 37.8 Å². The third-order valence-electron chi connectivity index (χ3n) is 3.13. The molecule has 0 bridgehead atoms. The van der Waals surface area contributed by atoms with Crippen LogP contribution in [0.1, 0.15) is 40.9 Å². The van der Waals surface area contributed by atoms with Crippen molar-refractivity contribution in [2.45, 2.75) is 38.1 Å². The number of fused-ring (bicyclic) bond motifs is 1. The minimum atomic E-state index is 0.551. The maximum atomic E-state index is 4.70. The van der Waals surface area contributed by atoms with Gasteiger partial charge in [-0.05, 0) is 25.5 Å². The number of rotatable bonds is 1. The fourth-order valence-electron chi connectivity index (χ4n) is 2.29. The summed E-state index contributed by atoms with van der Waals surface area (Å²) >= 11 is 2.00. The van der Waals surface area contributed by atoms with Gasteiger partial charge >= 0.3 is 0 Å². The second-order valence-corrected chi connectivity index (χ2v) is 5.51. The lowest BCUT2D eigenvalue weighted by atomic mass is 10.2. The third-order valence-corrected chi connectivity index (χ3v) is 4.50. The van der Waals surface area contributed by atoms with Crippen LogP contribution in [0, 0.1) is 6.92 Å². The van der Waals surface area contributed by atoms with E-state index in [0.717, 1.165) is 18.9 Å². The van der Waals surface area contributed by atoms with E-state index in [4.69, 9.17) is 4.98 Å². The van der Waals surface area contributed by atoms with Crippen LogP contribution in [0.25, 0.3) is 0 Å². The first-order valence-corrected chi connectivity index (χ1v) is 6.58. The molecule has 1 saturated heterocycles. The molecule has 0 spiro atoms. The Morgan fingerprint density at radius 1 is 1.33 bits per heavy atom. The Morgan fingerprint density at radius 3 is 3.07 bits per heavy atom. The monoisotopic (exact) mass is 221 g/mol. The summed E-state index contributed by atoms with van der Waals surface area (Å²) in [5, 5.41) is 3.89. The van der Waals surface area contributed by atoms with Gasteiger partial charge in [-0.25, -0.2) is 9.97 Å². The Morgan fingerprint density at radius 2 is 2.27 bits per heavy atom. The second-order valence-electron chi connectivity index (χ2n) is 4.20. The number of nitrogens with zero attached hydrogens (tertiary/aromatic N) is 2. The Bertz CT molecular complexity index is 386. The average molecular weight is 221 g/mol. The molecule has 0 aromatic carbocycles. The molecule has 15 heavy (non-hydrogen) atoms. The molecule has 0 saturated carbocycles. The molecule has 80 valence electrons. The fourth-order valence-corrected chi connectivity index (χ4v) is 3.49. The van der Waals surface area contributed by atoms with E-state index in [0.29, 0.717) is 5.25 Å². The van der Waals surface area contributed by atoms with E-state index in [9.17, 15) is 0 Å². The standard InChI is InChI=1S/C11H15N3S/c1-7-8-5-12-6-9(8)14-11(13-7)10-3-2-4-15-10/h10,12H,2-6H2,1H3. The van der Waals surface area contributed by atoms with Gasteiger partial charge in [-0.3, -0.25) is 0 Å². The van der Waals surface area contributed by atoms with Crippen LogP contribution in [0.4, 0.5) is 0 Å². The van der Waals surface area contributed by atoms with Gasteiger partial charge in [-0.2, -0.15) is 11.8 Å². The highest BCUT2D eigenvalue weighted by Gasteiger charge is 2.24. The predicted octanol–water partition coefficient (Wildman–Crippen LogP) is 1.96. The molecule has 3 rings (SSSR count). The molecule has 3 nitrogen and oxygen atoms in total. The molecule has 3 heterocycles. The van der Waals surface area contributed by atoms with Crippen molar-refractivity contribution in [3.05, 3.63) is 22.8 Å². The minimum absolute atomic E-state index is 0.551. The molecule has 1 atom stereocenters. The first-order valence-electron chi connectivity index (χ1n) is 5.53. The molecule has 1 unspecified atom stereocenters. The first-order chi connectivity index (χ1) is 7.34. The minimum Gasteiger partial charge on any atom is -0.307 e. The lowest BCUT2D eigenvalue weighted by Gasteiger charge is -2.10. The lowest BCUT2D eigenvalue weighted by Crippen LogP contribution is -2.05. The van der Waals surface area contributed by atoms with Gasteiger partial charge in [0.1, 0.15) is 5.82 Å². The SMILES string of the molecule is Cc1nc(C2CCCS2)nc2c1CNC2. The molecular formula is C11H15N3S. The van der Waals surface area contributed by atoms with Gasteiger partial charge in [0.25, 0.3) is 0 Å². The van der Waals surface area contributed by atoms with Crippen molar-refractivity contribution in [2.24, 2.45) is 0 Å². The van der Waals surface area contributed by atoms with Crippen LogP contribution >= 0.6 is 11.8 Å². The zero-order valence-electron chi connectivity index (χ0n) is 8.92. The van der Waals surface area contributed by atoms with Crippen LogP contribution in [0.3, 0.4) is 0 Å². The Kier molecular flexibility index (Phi) is 2.41. The highest BCUT2D eigenvalue weighted by atomic mass is 32.2. The summed E-state index contributed by atoms with van der Waals surface area (Å²) in [7, 11) is 0. The third kappa shape index (κ3) is 1.66. The lowest BCUT2D eigenvalue weighted by molar-refractivity contribution is 0.745. The van der Waals surface area contributed by atoms with E-state index in [-0.39, 0.29) is 0 Å². The van der Waals surface area contributed by atoms with Crippen LogP contribution < -0.4 is 5.32 Å². The number of aryl methyl sites for hydroxylation is 1. The van der Waals surface area contributed by atoms with Crippen LogP contribution in [-0.2, 0) is 13.1 Å². The molecular weight excluding hydrogens is 206 g/mol. The molecule has 2 aliphatic rings. The molecule has 1 N–H and O–H groups in total. The number of hydrogen-bond donors (Lipinski definition) is 1. The molecule has 1 aromatic heterocycles. The van der Waals surface area contributed by atoms with E-state index < -0.39 is 0 Å². The second kappa shape index (κ2) is 3.76. The van der Waals surface area contributed by atoms with E-state index in [1.807, 2.05) is 11.8 Å². The Balaban J connectivity index is 1.99. The summed E-state index contributed by atoms with van der Waals surface area (Å²) < 4.78 is 0. The van der Waals surface area contributed by atoms with Crippen LogP contribution in [0.2, 0.25) is 0 Å². The molecule has 0 amide bonds. The smallest absolute Gasteiger partial charge is 0.141 e. The van der Waals surface area contributed by atoms with Crippen molar-refractivity contribution >= 4 is 11.8 Å². The van der Waals surface area contributed by atoms with Crippen molar-refractivity contribution in [1.82, 2.24) is 15.3 Å². The summed E-state index contributed by atoms with van der Waals surface area (Å²) in [5.74, 6) is 2.33. The normalized spacial score (nSPS) is 24.5. The van der Waals surface area contributed by atoms with Gasteiger partial charge < -0.3 is 5.32 Å². The van der Waals surface area contributed by atoms with Crippen molar-refractivity contribution in [3.8, 4) is 0 Å². The molecule has 0 radical (unpaired) electrons. The Labute approximate surface area is 94.1 Å². The van der Waals surface area contributed by atoms with Crippen molar-refractivity contribution in [1.29, 1.82) is 0 Å². The van der Waals surface area contributed by atoms with Crippen LogP contribution in [0.15, 0.2) is 0 Å². The van der Waals surface area contributed by atoms with Crippen molar-refractivity contribution in [2.75, 3.05) is 5.75 Å². The summed E-state index contributed by atoms with van der Waals surface area (Å²) in [6.07, 6.45) is 2.56. The summed E-state index contributed by atoms with van der Waals surface area (Å²) in [4.78, 5) is 9.36. The number of nitrogens with one attached hydrogen (secondary N) is 1. The van der Waals surface area contributed by atoms with Gasteiger partial charge in [0, 0.05) is 24.3 Å². The van der Waals surface area contributed by atoms with Gasteiger partial charge in [0.05, 0.1) is 10.9 Å². The van der Waals surface area contributed by atoms with E-state index in [1.54, 1.807) is 0 Å². The van der Waals surface area contributed by atoms with Crippen molar-refractivity contribution in [3.63, 3.8) is 0 Å². The van der Waals surface area contributed by atoms with Crippen molar-refractivity contribution < 1.29 is 0 Å². The van der Waals surface area contributed by atoms with Gasteiger partial charge in [0.2, 0.25) is 0 Å². The summed E-state index contributed by atoms with van der Waals surface area (Å²) in [6, 6.07) is 0. The number of thioether (sulfide) groups is 1. The predicted molar refractivity (Wildman–Crippen MR) is 61.7 cm³/mol. The van der Waals surface area contributed by atoms with E-state index >= 15 is 0 Å². The van der Waals surface area contributed by atoms with E-state index in [1.165, 1.54) is 35.5 Å². The highest BCUT2D eigenvalue weighted by Crippen LogP contribution is 2.38. The zero-order chi connectivity index (χ0) is 10.3. The van der Waals surface area contributed by atoms with E-state index in [2.05, 4.69) is 17.2 Å². The van der Waals surface area contributed by atoms with Crippen LogP contribution in [0.5, 0.6) is 0 Å². The largest absolute Gasteiger partial charge is 0.307 e.